The van der Waals surface area contributed by atoms with E-state index in [-0.39, 0.29) is 0 Å². The van der Waals surface area contributed by atoms with E-state index in [1.165, 1.54) is 10.4 Å². The monoisotopic (exact) mass is 375 g/mol. The zero-order chi connectivity index (χ0) is 18.6. The number of ether oxygens (including phenoxy) is 2. The molecule has 142 valence electrons. The quantitative estimate of drug-likeness (QED) is 0.379. The van der Waals surface area contributed by atoms with E-state index in [2.05, 4.69) is 45.3 Å². The van der Waals surface area contributed by atoms with Crippen molar-refractivity contribution in [2.45, 2.75) is 26.2 Å². The molecule has 1 heterocycles. The third-order valence-electron chi connectivity index (χ3n) is 3.93. The van der Waals surface area contributed by atoms with Crippen molar-refractivity contribution in [3.8, 4) is 11.5 Å². The molecule has 0 aliphatic carbocycles. The van der Waals surface area contributed by atoms with Gasteiger partial charge in [0.1, 0.15) is 0 Å². The molecule has 0 bridgehead atoms. The maximum atomic E-state index is 5.64. The summed E-state index contributed by atoms with van der Waals surface area (Å²) in [5.41, 5.74) is 1.25. The van der Waals surface area contributed by atoms with E-state index >= 15 is 0 Å². The predicted molar refractivity (Wildman–Crippen MR) is 110 cm³/mol. The lowest BCUT2D eigenvalue weighted by Crippen LogP contribution is -2.38. The summed E-state index contributed by atoms with van der Waals surface area (Å²) in [5.74, 6) is 2.45. The Morgan fingerprint density at radius 2 is 1.96 bits per heavy atom. The van der Waals surface area contributed by atoms with Crippen molar-refractivity contribution < 1.29 is 9.47 Å². The van der Waals surface area contributed by atoms with Gasteiger partial charge in [-0.1, -0.05) is 12.1 Å². The number of thiophene rings is 1. The van der Waals surface area contributed by atoms with E-state index in [0.29, 0.717) is 6.61 Å². The van der Waals surface area contributed by atoms with Crippen molar-refractivity contribution in [2.75, 3.05) is 33.9 Å². The molecule has 0 aliphatic rings. The molecule has 0 spiro atoms. The molecule has 2 rings (SSSR count). The van der Waals surface area contributed by atoms with Crippen molar-refractivity contribution in [1.29, 1.82) is 0 Å². The lowest BCUT2D eigenvalue weighted by Gasteiger charge is -2.13. The number of methoxy groups -OCH3 is 1. The van der Waals surface area contributed by atoms with Crippen LogP contribution in [0.2, 0.25) is 0 Å². The minimum absolute atomic E-state index is 0.634. The summed E-state index contributed by atoms with van der Waals surface area (Å²) in [4.78, 5) is 5.66. The normalized spacial score (nSPS) is 11.3. The lowest BCUT2D eigenvalue weighted by molar-refractivity contribution is 0.310. The molecule has 5 nitrogen and oxygen atoms in total. The first kappa shape index (κ1) is 20.1. The van der Waals surface area contributed by atoms with Crippen LogP contribution in [0.5, 0.6) is 11.5 Å². The molecule has 6 heteroatoms. The lowest BCUT2D eigenvalue weighted by atomic mass is 10.1. The second kappa shape index (κ2) is 11.4. The van der Waals surface area contributed by atoms with Crippen LogP contribution in [0.1, 0.15) is 23.8 Å². The molecular weight excluding hydrogens is 346 g/mol. The topological polar surface area (TPSA) is 54.9 Å². The summed E-state index contributed by atoms with van der Waals surface area (Å²) in [6, 6.07) is 10.4. The van der Waals surface area contributed by atoms with Crippen molar-refractivity contribution >= 4 is 17.3 Å². The minimum Gasteiger partial charge on any atom is -0.493 e. The Balaban J connectivity index is 1.70. The van der Waals surface area contributed by atoms with Gasteiger partial charge in [0, 0.05) is 25.0 Å². The minimum atomic E-state index is 0.634. The molecule has 0 radical (unpaired) electrons. The number of hydrogen-bond donors (Lipinski definition) is 2. The number of guanidine groups is 1. The van der Waals surface area contributed by atoms with Gasteiger partial charge in [-0.25, -0.2) is 0 Å². The van der Waals surface area contributed by atoms with Gasteiger partial charge in [-0.3, -0.25) is 4.99 Å². The van der Waals surface area contributed by atoms with E-state index in [4.69, 9.17) is 9.47 Å². The van der Waals surface area contributed by atoms with E-state index in [1.54, 1.807) is 25.5 Å². The molecule has 26 heavy (non-hydrogen) atoms. The number of nitrogens with zero attached hydrogens (tertiary/aromatic N) is 1. The molecule has 2 N–H and O–H groups in total. The molecule has 0 saturated heterocycles. The summed E-state index contributed by atoms with van der Waals surface area (Å²) < 4.78 is 11.0. The van der Waals surface area contributed by atoms with Gasteiger partial charge in [0.2, 0.25) is 0 Å². The number of aryl methyl sites for hydroxylation is 1. The summed E-state index contributed by atoms with van der Waals surface area (Å²) in [6.07, 6.45) is 3.01. The van der Waals surface area contributed by atoms with Crippen molar-refractivity contribution in [1.82, 2.24) is 10.6 Å². The van der Waals surface area contributed by atoms with Crippen LogP contribution >= 0.6 is 11.3 Å². The maximum Gasteiger partial charge on any atom is 0.190 e. The molecule has 2 aromatic rings. The Kier molecular flexibility index (Phi) is 8.83. The highest BCUT2D eigenvalue weighted by Gasteiger charge is 2.05. The highest BCUT2D eigenvalue weighted by Crippen LogP contribution is 2.28. The van der Waals surface area contributed by atoms with E-state index in [0.717, 1.165) is 49.8 Å². The highest BCUT2D eigenvalue weighted by atomic mass is 32.1. The molecule has 0 atom stereocenters. The Morgan fingerprint density at radius 1 is 1.12 bits per heavy atom. The van der Waals surface area contributed by atoms with Crippen LogP contribution < -0.4 is 20.1 Å². The maximum absolute atomic E-state index is 5.64. The Labute approximate surface area is 160 Å². The van der Waals surface area contributed by atoms with Crippen LogP contribution in [0.15, 0.2) is 40.7 Å². The summed E-state index contributed by atoms with van der Waals surface area (Å²) in [7, 11) is 3.47. The number of hydrogen-bond acceptors (Lipinski definition) is 4. The number of rotatable bonds is 10. The first-order valence-electron chi connectivity index (χ1n) is 9.03. The Hall–Kier alpha value is -2.21. The molecule has 1 aromatic carbocycles. The van der Waals surface area contributed by atoms with Crippen LogP contribution in [-0.4, -0.2) is 39.8 Å². The smallest absolute Gasteiger partial charge is 0.190 e. The third kappa shape index (κ3) is 6.59. The molecule has 0 unspecified atom stereocenters. The van der Waals surface area contributed by atoms with Crippen LogP contribution in [0.25, 0.3) is 0 Å². The fraction of sp³-hybridized carbons (Fsp3) is 0.450. The van der Waals surface area contributed by atoms with E-state index in [9.17, 15) is 0 Å². The second-order valence-corrected chi connectivity index (χ2v) is 6.81. The van der Waals surface area contributed by atoms with Crippen LogP contribution in [0, 0.1) is 0 Å². The number of nitrogens with one attached hydrogen (secondary N) is 2. The Bertz CT molecular complexity index is 672. The summed E-state index contributed by atoms with van der Waals surface area (Å²) in [6.45, 7) is 4.37. The first-order chi connectivity index (χ1) is 12.8. The fourth-order valence-corrected chi connectivity index (χ4v) is 3.33. The predicted octanol–water partition coefficient (Wildman–Crippen LogP) is 3.50. The standard InChI is InChI=1S/C20H29N3O2S/c1-4-25-19-15-16(9-10-18(19)24-3)7-5-12-22-20(21-2)23-13-11-17-8-6-14-26-17/h6,8-10,14-15H,4-5,7,11-13H2,1-3H3,(H2,21,22,23). The highest BCUT2D eigenvalue weighted by molar-refractivity contribution is 7.09. The van der Waals surface area contributed by atoms with Gasteiger partial charge in [-0.05, 0) is 55.3 Å². The van der Waals surface area contributed by atoms with Crippen molar-refractivity contribution in [3.05, 3.63) is 46.2 Å². The number of benzene rings is 1. The zero-order valence-corrected chi connectivity index (χ0v) is 16.7. The molecule has 0 aliphatic heterocycles. The summed E-state index contributed by atoms with van der Waals surface area (Å²) >= 11 is 1.79. The molecule has 0 amide bonds. The van der Waals surface area contributed by atoms with Gasteiger partial charge in [-0.15, -0.1) is 11.3 Å². The summed E-state index contributed by atoms with van der Waals surface area (Å²) in [5, 5.41) is 8.83. The molecule has 0 saturated carbocycles. The van der Waals surface area contributed by atoms with Gasteiger partial charge in [0.25, 0.3) is 0 Å². The van der Waals surface area contributed by atoms with Gasteiger partial charge >= 0.3 is 0 Å². The molecular formula is C20H29N3O2S. The van der Waals surface area contributed by atoms with Crippen molar-refractivity contribution in [3.63, 3.8) is 0 Å². The average molecular weight is 376 g/mol. The zero-order valence-electron chi connectivity index (χ0n) is 15.9. The molecule has 0 fully saturated rings. The fourth-order valence-electron chi connectivity index (χ4n) is 2.62. The largest absolute Gasteiger partial charge is 0.493 e. The Morgan fingerprint density at radius 3 is 2.65 bits per heavy atom. The van der Waals surface area contributed by atoms with Gasteiger partial charge in [0.05, 0.1) is 13.7 Å². The SMILES string of the molecule is CCOc1cc(CCCNC(=NC)NCCc2cccs2)ccc1OC. The van der Waals surface area contributed by atoms with Gasteiger partial charge in [-0.2, -0.15) is 0 Å². The van der Waals surface area contributed by atoms with Crippen molar-refractivity contribution in [2.24, 2.45) is 4.99 Å². The van der Waals surface area contributed by atoms with Gasteiger partial charge in [0.15, 0.2) is 17.5 Å². The average Bonchev–Trinajstić information content (AvgIpc) is 3.17. The van der Waals surface area contributed by atoms with Crippen LogP contribution in [-0.2, 0) is 12.8 Å². The number of aliphatic imine (C=N–C) groups is 1. The van der Waals surface area contributed by atoms with Gasteiger partial charge < -0.3 is 20.1 Å². The van der Waals surface area contributed by atoms with Crippen LogP contribution in [0.4, 0.5) is 0 Å². The first-order valence-corrected chi connectivity index (χ1v) is 9.91. The third-order valence-corrected chi connectivity index (χ3v) is 4.87. The van der Waals surface area contributed by atoms with E-state index < -0.39 is 0 Å². The molecule has 1 aromatic heterocycles. The van der Waals surface area contributed by atoms with E-state index in [1.807, 2.05) is 13.0 Å². The second-order valence-electron chi connectivity index (χ2n) is 5.78. The van der Waals surface area contributed by atoms with Crippen LogP contribution in [0.3, 0.4) is 0 Å².